The molecule has 0 unspecified atom stereocenters. The Hall–Kier alpha value is -2.69. The maximum Gasteiger partial charge on any atom is 0.243 e. The van der Waals surface area contributed by atoms with Crippen molar-refractivity contribution in [3.8, 4) is 6.07 Å². The van der Waals surface area contributed by atoms with Gasteiger partial charge in [-0.2, -0.15) is 9.57 Å². The van der Waals surface area contributed by atoms with E-state index in [1.54, 1.807) is 52.8 Å². The summed E-state index contributed by atoms with van der Waals surface area (Å²) in [7, 11) is -3.43. The lowest BCUT2D eigenvalue weighted by atomic mass is 10.1. The van der Waals surface area contributed by atoms with Crippen molar-refractivity contribution in [3.63, 3.8) is 0 Å². The number of carbonyl (C=O) groups excluding carboxylic acids is 1. The molecule has 1 N–H and O–H groups in total. The Balaban J connectivity index is 1.56. The fourth-order valence-corrected chi connectivity index (χ4v) is 4.75. The van der Waals surface area contributed by atoms with E-state index < -0.39 is 10.0 Å². The van der Waals surface area contributed by atoms with Crippen LogP contribution < -0.4 is 5.32 Å². The number of anilines is 1. The van der Waals surface area contributed by atoms with Crippen LogP contribution in [0, 0.1) is 11.3 Å². The van der Waals surface area contributed by atoms with E-state index in [0.29, 0.717) is 35.7 Å². The number of hydrogen-bond acceptors (Lipinski definition) is 4. The molecule has 0 bridgehead atoms. The van der Waals surface area contributed by atoms with Gasteiger partial charge in [0.25, 0.3) is 0 Å². The van der Waals surface area contributed by atoms with Crippen LogP contribution in [0.2, 0.25) is 0 Å². The molecule has 1 fully saturated rings. The Morgan fingerprint density at radius 2 is 1.79 bits per heavy atom. The molecule has 6 nitrogen and oxygen atoms in total. The molecule has 1 aliphatic heterocycles. The number of nitrogens with one attached hydrogen (secondary N) is 1. The van der Waals surface area contributed by atoms with Crippen LogP contribution in [0.5, 0.6) is 0 Å². The molecule has 28 heavy (non-hydrogen) atoms. The number of sulfonamides is 1. The Morgan fingerprint density at radius 1 is 1.07 bits per heavy atom. The molecule has 0 saturated carbocycles. The number of carbonyl (C=O) groups is 1. The summed E-state index contributed by atoms with van der Waals surface area (Å²) in [6, 6.07) is 15.6. The number of nitrogens with zero attached hydrogens (tertiary/aromatic N) is 2. The van der Waals surface area contributed by atoms with Gasteiger partial charge < -0.3 is 5.32 Å². The predicted molar refractivity (Wildman–Crippen MR) is 107 cm³/mol. The minimum atomic E-state index is -3.43. The average Bonchev–Trinajstić information content (AvgIpc) is 2.73. The fourth-order valence-electron chi connectivity index (χ4n) is 3.23. The van der Waals surface area contributed by atoms with Crippen LogP contribution in [0.3, 0.4) is 0 Å². The number of rotatable bonds is 6. The van der Waals surface area contributed by atoms with Gasteiger partial charge in [0.15, 0.2) is 0 Å². The number of nitriles is 1. The molecule has 146 valence electrons. The van der Waals surface area contributed by atoms with Gasteiger partial charge in [0.1, 0.15) is 0 Å². The topological polar surface area (TPSA) is 90.3 Å². The third-order valence-corrected chi connectivity index (χ3v) is 6.71. The first-order chi connectivity index (χ1) is 13.5. The second-order valence-electron chi connectivity index (χ2n) is 6.85. The van der Waals surface area contributed by atoms with Crippen LogP contribution in [-0.4, -0.2) is 31.7 Å². The highest BCUT2D eigenvalue weighted by Gasteiger charge is 2.25. The first-order valence-corrected chi connectivity index (χ1v) is 10.8. The van der Waals surface area contributed by atoms with Crippen molar-refractivity contribution < 1.29 is 13.2 Å². The Morgan fingerprint density at radius 3 is 2.46 bits per heavy atom. The van der Waals surface area contributed by atoms with Crippen LogP contribution in [0.4, 0.5) is 5.69 Å². The SMILES string of the molecule is N#Cc1cccc(NC(=O)CCc2ccc(S(=O)(=O)N3CCCCC3)cc2)c1. The van der Waals surface area contributed by atoms with Gasteiger partial charge in [-0.25, -0.2) is 8.42 Å². The van der Waals surface area contributed by atoms with Gasteiger partial charge in [0.05, 0.1) is 16.5 Å². The molecule has 2 aromatic carbocycles. The van der Waals surface area contributed by atoms with Crippen molar-refractivity contribution in [2.24, 2.45) is 0 Å². The van der Waals surface area contributed by atoms with Crippen LogP contribution in [0.25, 0.3) is 0 Å². The summed E-state index contributed by atoms with van der Waals surface area (Å²) in [5, 5.41) is 11.7. The number of hydrogen-bond donors (Lipinski definition) is 1. The summed E-state index contributed by atoms with van der Waals surface area (Å²) in [4.78, 5) is 12.4. The highest BCUT2D eigenvalue weighted by atomic mass is 32.2. The third-order valence-electron chi connectivity index (χ3n) is 4.79. The number of piperidine rings is 1. The molecule has 1 aliphatic rings. The first kappa shape index (κ1) is 20.1. The minimum Gasteiger partial charge on any atom is -0.326 e. The molecule has 0 aromatic heterocycles. The van der Waals surface area contributed by atoms with E-state index in [1.807, 2.05) is 6.07 Å². The molecular weight excluding hydrogens is 374 g/mol. The van der Waals surface area contributed by atoms with Gasteiger partial charge >= 0.3 is 0 Å². The predicted octanol–water partition coefficient (Wildman–Crippen LogP) is 3.30. The van der Waals surface area contributed by atoms with Gasteiger partial charge in [-0.3, -0.25) is 4.79 Å². The lowest BCUT2D eigenvalue weighted by Gasteiger charge is -2.25. The van der Waals surface area contributed by atoms with Crippen LogP contribution in [0.1, 0.15) is 36.8 Å². The highest BCUT2D eigenvalue weighted by Crippen LogP contribution is 2.21. The highest BCUT2D eigenvalue weighted by molar-refractivity contribution is 7.89. The molecule has 1 saturated heterocycles. The maximum atomic E-state index is 12.7. The molecule has 3 rings (SSSR count). The summed E-state index contributed by atoms with van der Waals surface area (Å²) in [6.45, 7) is 1.16. The number of amides is 1. The molecule has 0 radical (unpaired) electrons. The van der Waals surface area contributed by atoms with Crippen molar-refractivity contribution in [1.82, 2.24) is 4.31 Å². The third kappa shape index (κ3) is 4.97. The van der Waals surface area contributed by atoms with Gasteiger partial charge in [0.2, 0.25) is 15.9 Å². The maximum absolute atomic E-state index is 12.7. The summed E-state index contributed by atoms with van der Waals surface area (Å²) in [5.74, 6) is -0.153. The quantitative estimate of drug-likeness (QED) is 0.810. The smallest absolute Gasteiger partial charge is 0.243 e. The van der Waals surface area contributed by atoms with E-state index in [2.05, 4.69) is 5.32 Å². The van der Waals surface area contributed by atoms with Gasteiger partial charge in [-0.05, 0) is 55.2 Å². The van der Waals surface area contributed by atoms with Gasteiger partial charge in [-0.1, -0.05) is 24.6 Å². The second-order valence-corrected chi connectivity index (χ2v) is 8.79. The summed E-state index contributed by atoms with van der Waals surface area (Å²) >= 11 is 0. The molecule has 7 heteroatoms. The molecule has 1 heterocycles. The molecule has 0 aliphatic carbocycles. The van der Waals surface area contributed by atoms with Crippen molar-refractivity contribution >= 4 is 21.6 Å². The van der Waals surface area contributed by atoms with E-state index in [4.69, 9.17) is 5.26 Å². The molecule has 0 atom stereocenters. The lowest BCUT2D eigenvalue weighted by molar-refractivity contribution is -0.116. The number of benzene rings is 2. The average molecular weight is 398 g/mol. The molecule has 2 aromatic rings. The van der Waals surface area contributed by atoms with Crippen molar-refractivity contribution in [3.05, 3.63) is 59.7 Å². The minimum absolute atomic E-state index is 0.153. The summed E-state index contributed by atoms with van der Waals surface area (Å²) in [5.41, 5.74) is 1.98. The van der Waals surface area contributed by atoms with Crippen LogP contribution in [-0.2, 0) is 21.2 Å². The normalized spacial score (nSPS) is 15.0. The van der Waals surface area contributed by atoms with E-state index in [0.717, 1.165) is 24.8 Å². The largest absolute Gasteiger partial charge is 0.326 e. The first-order valence-electron chi connectivity index (χ1n) is 9.38. The van der Waals surface area contributed by atoms with Crippen molar-refractivity contribution in [2.75, 3.05) is 18.4 Å². The summed E-state index contributed by atoms with van der Waals surface area (Å²) in [6.07, 6.45) is 3.67. The molecule has 1 amide bonds. The molecule has 0 spiro atoms. The zero-order valence-electron chi connectivity index (χ0n) is 15.6. The van der Waals surface area contributed by atoms with Gasteiger partial charge in [-0.15, -0.1) is 0 Å². The van der Waals surface area contributed by atoms with E-state index >= 15 is 0 Å². The Kier molecular flexibility index (Phi) is 6.45. The zero-order valence-corrected chi connectivity index (χ0v) is 16.4. The van der Waals surface area contributed by atoms with Gasteiger partial charge in [0, 0.05) is 25.2 Å². The zero-order chi connectivity index (χ0) is 20.0. The summed E-state index contributed by atoms with van der Waals surface area (Å²) < 4.78 is 26.9. The van der Waals surface area contributed by atoms with Crippen LogP contribution >= 0.6 is 0 Å². The Bertz CT molecular complexity index is 973. The monoisotopic (exact) mass is 397 g/mol. The molecular formula is C21H23N3O3S. The number of aryl methyl sites for hydroxylation is 1. The standard InChI is InChI=1S/C21H23N3O3S/c22-16-18-5-4-6-19(15-18)23-21(25)12-9-17-7-10-20(11-8-17)28(26,27)24-13-2-1-3-14-24/h4-8,10-11,15H,1-3,9,12-14H2,(H,23,25). The Labute approximate surface area is 165 Å². The van der Waals surface area contributed by atoms with E-state index in [1.165, 1.54) is 0 Å². The fraction of sp³-hybridized carbons (Fsp3) is 0.333. The van der Waals surface area contributed by atoms with Crippen molar-refractivity contribution in [2.45, 2.75) is 37.0 Å². The second kappa shape index (κ2) is 9.00. The van der Waals surface area contributed by atoms with Crippen molar-refractivity contribution in [1.29, 1.82) is 5.26 Å². The van der Waals surface area contributed by atoms with E-state index in [-0.39, 0.29) is 12.3 Å². The van der Waals surface area contributed by atoms with Crippen LogP contribution in [0.15, 0.2) is 53.4 Å². The lowest BCUT2D eigenvalue weighted by Crippen LogP contribution is -2.35. The van der Waals surface area contributed by atoms with E-state index in [9.17, 15) is 13.2 Å².